The maximum atomic E-state index is 14.2. The standard InChI is InChI=1S/C31H23NO9/c1-15-8-10-16(11-9-15)24-22-23(31(41-24)25(33)20-6-4-5-7-21(20)26(31)34)28(36)32(27(22)35)19-13-17(29(37)39-2)12-18(14-19)30(38)40-3/h4-14,22-24H,1-3H3/t22-,23+,24-/m0/s1. The fourth-order valence-corrected chi connectivity index (χ4v) is 6.04. The van der Waals surface area contributed by atoms with Crippen molar-refractivity contribution in [3.8, 4) is 0 Å². The molecule has 3 atom stereocenters. The van der Waals surface area contributed by atoms with Crippen molar-refractivity contribution in [1.82, 2.24) is 0 Å². The molecule has 0 unspecified atom stereocenters. The molecule has 3 aliphatic rings. The van der Waals surface area contributed by atoms with Gasteiger partial charge in [0.05, 0.1) is 49.0 Å². The Morgan fingerprint density at radius 1 is 0.780 bits per heavy atom. The van der Waals surface area contributed by atoms with Crippen LogP contribution in [0.25, 0.3) is 0 Å². The van der Waals surface area contributed by atoms with E-state index in [1.807, 2.05) is 6.92 Å². The van der Waals surface area contributed by atoms with E-state index in [9.17, 15) is 28.8 Å². The highest BCUT2D eigenvalue weighted by Crippen LogP contribution is 2.57. The van der Waals surface area contributed by atoms with Gasteiger partial charge in [-0.25, -0.2) is 14.5 Å². The first-order valence-electron chi connectivity index (χ1n) is 12.8. The summed E-state index contributed by atoms with van der Waals surface area (Å²) < 4.78 is 15.9. The van der Waals surface area contributed by atoms with Crippen LogP contribution in [0.2, 0.25) is 0 Å². The summed E-state index contributed by atoms with van der Waals surface area (Å²) in [6.07, 6.45) is -1.10. The molecule has 0 saturated carbocycles. The minimum atomic E-state index is -2.25. The SMILES string of the molecule is COC(=O)c1cc(C(=O)OC)cc(N2C(=O)[C@@H]3[C@H](c4ccc(C)cc4)OC4(C(=O)c5ccccc5C4=O)[C@H]3C2=O)c1. The van der Waals surface area contributed by atoms with E-state index in [4.69, 9.17) is 14.2 Å². The van der Waals surface area contributed by atoms with Crippen molar-refractivity contribution in [2.45, 2.75) is 18.6 Å². The number of imide groups is 1. The van der Waals surface area contributed by atoms with Crippen LogP contribution in [0, 0.1) is 18.8 Å². The number of hydrogen-bond acceptors (Lipinski definition) is 9. The highest BCUT2D eigenvalue weighted by molar-refractivity contribution is 6.37. The number of amides is 2. The van der Waals surface area contributed by atoms with E-state index in [1.165, 1.54) is 30.3 Å². The largest absolute Gasteiger partial charge is 0.465 e. The summed E-state index contributed by atoms with van der Waals surface area (Å²) in [6.45, 7) is 1.88. The molecule has 3 aromatic carbocycles. The fourth-order valence-electron chi connectivity index (χ4n) is 6.04. The van der Waals surface area contributed by atoms with Gasteiger partial charge in [-0.3, -0.25) is 19.2 Å². The Balaban J connectivity index is 1.54. The summed E-state index contributed by atoms with van der Waals surface area (Å²) in [5.41, 5.74) is -0.902. The van der Waals surface area contributed by atoms with Crippen LogP contribution in [0.1, 0.15) is 58.7 Å². The van der Waals surface area contributed by atoms with Crippen LogP contribution < -0.4 is 4.90 Å². The van der Waals surface area contributed by atoms with Crippen LogP contribution in [0.5, 0.6) is 0 Å². The number of ether oxygens (including phenoxy) is 3. The fraction of sp³-hybridized carbons (Fsp3) is 0.226. The van der Waals surface area contributed by atoms with E-state index >= 15 is 0 Å². The number of hydrogen-bond donors (Lipinski definition) is 0. The van der Waals surface area contributed by atoms with Gasteiger partial charge < -0.3 is 14.2 Å². The molecule has 6 rings (SSSR count). The van der Waals surface area contributed by atoms with Crippen LogP contribution >= 0.6 is 0 Å². The average Bonchev–Trinajstić information content (AvgIpc) is 3.56. The number of nitrogens with zero attached hydrogens (tertiary/aromatic N) is 1. The van der Waals surface area contributed by atoms with E-state index in [1.54, 1.807) is 36.4 Å². The lowest BCUT2D eigenvalue weighted by Crippen LogP contribution is -2.51. The molecule has 2 fully saturated rings. The molecule has 0 radical (unpaired) electrons. The van der Waals surface area contributed by atoms with Crippen molar-refractivity contribution in [2.75, 3.05) is 19.1 Å². The predicted molar refractivity (Wildman–Crippen MR) is 141 cm³/mol. The number of anilines is 1. The number of rotatable bonds is 4. The Kier molecular flexibility index (Phi) is 5.97. The van der Waals surface area contributed by atoms with Crippen molar-refractivity contribution < 1.29 is 43.0 Å². The molecular formula is C31H23NO9. The maximum absolute atomic E-state index is 14.2. The number of methoxy groups -OCH3 is 2. The van der Waals surface area contributed by atoms with Crippen LogP contribution in [0.4, 0.5) is 5.69 Å². The molecule has 10 heteroatoms. The first-order valence-corrected chi connectivity index (χ1v) is 12.8. The minimum Gasteiger partial charge on any atom is -0.465 e. The van der Waals surface area contributed by atoms with Crippen molar-refractivity contribution in [3.05, 3.63) is 100 Å². The van der Waals surface area contributed by atoms with Gasteiger partial charge in [0.25, 0.3) is 0 Å². The zero-order valence-corrected chi connectivity index (χ0v) is 22.2. The normalized spacial score (nSPS) is 22.2. The van der Waals surface area contributed by atoms with Crippen molar-refractivity contribution in [3.63, 3.8) is 0 Å². The minimum absolute atomic E-state index is 0.106. The van der Waals surface area contributed by atoms with E-state index in [2.05, 4.69) is 0 Å². The lowest BCUT2D eigenvalue weighted by molar-refractivity contribution is -0.127. The molecule has 41 heavy (non-hydrogen) atoms. The van der Waals surface area contributed by atoms with Gasteiger partial charge in [0.1, 0.15) is 0 Å². The molecule has 1 aliphatic carbocycles. The topological polar surface area (TPSA) is 133 Å². The Bertz CT molecular complexity index is 1620. The second-order valence-corrected chi connectivity index (χ2v) is 10.2. The van der Waals surface area contributed by atoms with Gasteiger partial charge in [0.15, 0.2) is 0 Å². The molecule has 206 valence electrons. The maximum Gasteiger partial charge on any atom is 0.337 e. The molecule has 2 amide bonds. The quantitative estimate of drug-likeness (QED) is 0.271. The molecule has 2 aliphatic heterocycles. The van der Waals surface area contributed by atoms with E-state index in [0.29, 0.717) is 5.56 Å². The third-order valence-corrected chi connectivity index (χ3v) is 7.94. The molecule has 0 N–H and O–H groups in total. The summed E-state index contributed by atoms with van der Waals surface area (Å²) in [4.78, 5) is 81.8. The zero-order valence-electron chi connectivity index (χ0n) is 22.2. The summed E-state index contributed by atoms with van der Waals surface area (Å²) in [7, 11) is 2.29. The van der Waals surface area contributed by atoms with Gasteiger partial charge in [-0.05, 0) is 30.7 Å². The van der Waals surface area contributed by atoms with Gasteiger partial charge in [-0.1, -0.05) is 54.1 Å². The lowest BCUT2D eigenvalue weighted by Gasteiger charge is -2.27. The number of fused-ring (bicyclic) bond motifs is 3. The number of benzene rings is 3. The summed E-state index contributed by atoms with van der Waals surface area (Å²) in [5.74, 6) is -7.34. The zero-order chi connectivity index (χ0) is 29.2. The van der Waals surface area contributed by atoms with Crippen LogP contribution in [-0.2, 0) is 23.8 Å². The second-order valence-electron chi connectivity index (χ2n) is 10.2. The van der Waals surface area contributed by atoms with E-state index in [0.717, 1.165) is 24.7 Å². The van der Waals surface area contributed by atoms with Gasteiger partial charge in [-0.15, -0.1) is 0 Å². The first-order chi connectivity index (χ1) is 19.6. The number of carbonyl (C=O) groups excluding carboxylic acids is 6. The summed E-state index contributed by atoms with van der Waals surface area (Å²) in [6, 6.07) is 16.9. The Labute approximate surface area is 233 Å². The molecule has 2 heterocycles. The van der Waals surface area contributed by atoms with Gasteiger partial charge in [0, 0.05) is 11.1 Å². The van der Waals surface area contributed by atoms with Crippen molar-refractivity contribution in [1.29, 1.82) is 0 Å². The molecule has 1 spiro atoms. The second kappa shape index (κ2) is 9.31. The predicted octanol–water partition coefficient (Wildman–Crippen LogP) is 3.26. The van der Waals surface area contributed by atoms with E-state index < -0.39 is 58.9 Å². The Morgan fingerprint density at radius 3 is 1.83 bits per heavy atom. The average molecular weight is 554 g/mol. The molecule has 10 nitrogen and oxygen atoms in total. The van der Waals surface area contributed by atoms with Crippen LogP contribution in [0.3, 0.4) is 0 Å². The number of aryl methyl sites for hydroxylation is 1. The van der Waals surface area contributed by atoms with Gasteiger partial charge >= 0.3 is 11.9 Å². The molecule has 0 aromatic heterocycles. The number of esters is 2. The highest BCUT2D eigenvalue weighted by atomic mass is 16.5. The third-order valence-electron chi connectivity index (χ3n) is 7.94. The Morgan fingerprint density at radius 2 is 1.32 bits per heavy atom. The summed E-state index contributed by atoms with van der Waals surface area (Å²) in [5, 5.41) is 0. The molecule has 0 bridgehead atoms. The third kappa shape index (κ3) is 3.60. The van der Waals surface area contributed by atoms with Crippen LogP contribution in [0.15, 0.2) is 66.7 Å². The molecular weight excluding hydrogens is 530 g/mol. The smallest absolute Gasteiger partial charge is 0.337 e. The molecule has 2 saturated heterocycles. The van der Waals surface area contributed by atoms with Crippen molar-refractivity contribution >= 4 is 41.0 Å². The summed E-state index contributed by atoms with van der Waals surface area (Å²) >= 11 is 0. The first kappa shape index (κ1) is 26.3. The number of Topliss-reactive ketones (excluding diaryl/α,β-unsaturated/α-hetero) is 2. The van der Waals surface area contributed by atoms with Crippen LogP contribution in [-0.4, -0.2) is 55.1 Å². The highest BCUT2D eigenvalue weighted by Gasteiger charge is 2.74. The number of carbonyl (C=O) groups is 6. The van der Waals surface area contributed by atoms with E-state index in [-0.39, 0.29) is 27.9 Å². The monoisotopic (exact) mass is 553 g/mol. The molecule has 3 aromatic rings. The lowest BCUT2D eigenvalue weighted by atomic mass is 9.77. The number of ketones is 2. The van der Waals surface area contributed by atoms with Gasteiger partial charge in [0.2, 0.25) is 29.0 Å². The Hall–Kier alpha value is -4.96. The van der Waals surface area contributed by atoms with Crippen molar-refractivity contribution in [2.24, 2.45) is 11.8 Å². The van der Waals surface area contributed by atoms with Gasteiger partial charge in [-0.2, -0.15) is 0 Å².